The molecule has 0 radical (unpaired) electrons. The molecule has 1 aliphatic rings. The molecule has 3 nitrogen and oxygen atoms in total. The standard InChI is InChI=1S/C15H22BrNO2/c1-12(13-3-2-4-14(16)9-13)10-17-11-15(18)5-7-19-8-6-15/h2-4,9,12,17-18H,5-8,10-11H2,1H3. The Bertz CT molecular complexity index is 405. The molecule has 4 heteroatoms. The molecule has 1 aromatic rings. The van der Waals surface area contributed by atoms with Crippen LogP contribution >= 0.6 is 15.9 Å². The van der Waals surface area contributed by atoms with E-state index in [-0.39, 0.29) is 0 Å². The fraction of sp³-hybridized carbons (Fsp3) is 0.600. The molecule has 0 aliphatic carbocycles. The molecule has 106 valence electrons. The summed E-state index contributed by atoms with van der Waals surface area (Å²) in [6.45, 7) is 5.05. The maximum absolute atomic E-state index is 10.3. The Kier molecular flexibility index (Phi) is 5.39. The Morgan fingerprint density at radius 3 is 2.84 bits per heavy atom. The number of benzene rings is 1. The summed E-state index contributed by atoms with van der Waals surface area (Å²) in [7, 11) is 0. The first-order chi connectivity index (χ1) is 9.09. The minimum Gasteiger partial charge on any atom is -0.388 e. The van der Waals surface area contributed by atoms with Crippen molar-refractivity contribution in [3.8, 4) is 0 Å². The Morgan fingerprint density at radius 2 is 2.16 bits per heavy atom. The van der Waals surface area contributed by atoms with Crippen LogP contribution in [-0.2, 0) is 4.74 Å². The SMILES string of the molecule is CC(CNCC1(O)CCOCC1)c1cccc(Br)c1. The number of ether oxygens (including phenoxy) is 1. The second-order valence-corrected chi connectivity index (χ2v) is 6.34. The highest BCUT2D eigenvalue weighted by Gasteiger charge is 2.29. The first-order valence-corrected chi connectivity index (χ1v) is 7.65. The summed E-state index contributed by atoms with van der Waals surface area (Å²) in [6, 6.07) is 8.38. The molecule has 1 unspecified atom stereocenters. The molecule has 1 atom stereocenters. The van der Waals surface area contributed by atoms with Crippen LogP contribution in [0.4, 0.5) is 0 Å². The third-order valence-corrected chi connectivity index (χ3v) is 4.24. The molecule has 1 heterocycles. The van der Waals surface area contributed by atoms with Crippen LogP contribution in [0.2, 0.25) is 0 Å². The van der Waals surface area contributed by atoms with Gasteiger partial charge in [-0.3, -0.25) is 0 Å². The lowest BCUT2D eigenvalue weighted by Gasteiger charge is -2.32. The van der Waals surface area contributed by atoms with Crippen LogP contribution in [0, 0.1) is 0 Å². The number of halogens is 1. The fourth-order valence-electron chi connectivity index (χ4n) is 2.38. The van der Waals surface area contributed by atoms with Gasteiger partial charge in [0.2, 0.25) is 0 Å². The average Bonchev–Trinajstić information content (AvgIpc) is 2.39. The first kappa shape index (κ1) is 15.0. The Labute approximate surface area is 123 Å². The van der Waals surface area contributed by atoms with Gasteiger partial charge in [-0.15, -0.1) is 0 Å². The lowest BCUT2D eigenvalue weighted by molar-refractivity contribution is -0.0615. The van der Waals surface area contributed by atoms with E-state index in [4.69, 9.17) is 4.74 Å². The molecule has 1 aromatic carbocycles. The monoisotopic (exact) mass is 327 g/mol. The van der Waals surface area contributed by atoms with Crippen LogP contribution in [0.15, 0.2) is 28.7 Å². The summed E-state index contributed by atoms with van der Waals surface area (Å²) in [5.74, 6) is 0.431. The summed E-state index contributed by atoms with van der Waals surface area (Å²) >= 11 is 3.50. The maximum Gasteiger partial charge on any atom is 0.0815 e. The topological polar surface area (TPSA) is 41.5 Å². The molecule has 2 rings (SSSR count). The molecule has 0 amide bonds. The largest absolute Gasteiger partial charge is 0.388 e. The molecule has 2 N–H and O–H groups in total. The van der Waals surface area contributed by atoms with E-state index in [9.17, 15) is 5.11 Å². The van der Waals surface area contributed by atoms with Gasteiger partial charge in [-0.05, 0) is 23.6 Å². The predicted octanol–water partition coefficient (Wildman–Crippen LogP) is 2.68. The molecular weight excluding hydrogens is 306 g/mol. The van der Waals surface area contributed by atoms with Gasteiger partial charge < -0.3 is 15.2 Å². The van der Waals surface area contributed by atoms with Crippen molar-refractivity contribution in [3.05, 3.63) is 34.3 Å². The summed E-state index contributed by atoms with van der Waals surface area (Å²) in [6.07, 6.45) is 1.45. The van der Waals surface area contributed by atoms with Gasteiger partial charge in [0.1, 0.15) is 0 Å². The van der Waals surface area contributed by atoms with Crippen molar-refractivity contribution in [1.82, 2.24) is 5.32 Å². The Morgan fingerprint density at radius 1 is 1.42 bits per heavy atom. The van der Waals surface area contributed by atoms with Gasteiger partial charge in [0.15, 0.2) is 0 Å². The van der Waals surface area contributed by atoms with Crippen LogP contribution < -0.4 is 5.32 Å². The molecule has 0 bridgehead atoms. The zero-order valence-corrected chi connectivity index (χ0v) is 12.9. The van der Waals surface area contributed by atoms with E-state index >= 15 is 0 Å². The normalized spacial score (nSPS) is 20.2. The summed E-state index contributed by atoms with van der Waals surface area (Å²) < 4.78 is 6.39. The van der Waals surface area contributed by atoms with E-state index in [0.717, 1.165) is 23.9 Å². The van der Waals surface area contributed by atoms with Crippen LogP contribution in [-0.4, -0.2) is 37.0 Å². The van der Waals surface area contributed by atoms with Gasteiger partial charge in [0, 0.05) is 43.6 Å². The third kappa shape index (κ3) is 4.56. The van der Waals surface area contributed by atoms with Gasteiger partial charge in [-0.2, -0.15) is 0 Å². The number of rotatable bonds is 5. The molecular formula is C15H22BrNO2. The highest BCUT2D eigenvalue weighted by atomic mass is 79.9. The number of aliphatic hydroxyl groups is 1. The second-order valence-electron chi connectivity index (χ2n) is 5.42. The molecule has 0 saturated carbocycles. The van der Waals surface area contributed by atoms with Crippen molar-refractivity contribution in [2.24, 2.45) is 0 Å². The van der Waals surface area contributed by atoms with Crippen LogP contribution in [0.1, 0.15) is 31.2 Å². The minimum absolute atomic E-state index is 0.431. The van der Waals surface area contributed by atoms with Crippen molar-refractivity contribution >= 4 is 15.9 Å². The van der Waals surface area contributed by atoms with Crippen molar-refractivity contribution < 1.29 is 9.84 Å². The van der Waals surface area contributed by atoms with Crippen molar-refractivity contribution in [3.63, 3.8) is 0 Å². The lowest BCUT2D eigenvalue weighted by Crippen LogP contribution is -2.45. The molecule has 19 heavy (non-hydrogen) atoms. The zero-order chi connectivity index (χ0) is 13.7. The molecule has 1 fully saturated rings. The molecule has 1 saturated heterocycles. The van der Waals surface area contributed by atoms with Gasteiger partial charge in [0.25, 0.3) is 0 Å². The van der Waals surface area contributed by atoms with Crippen LogP contribution in [0.25, 0.3) is 0 Å². The number of hydrogen-bond donors (Lipinski definition) is 2. The predicted molar refractivity (Wildman–Crippen MR) is 80.4 cm³/mol. The number of hydrogen-bond acceptors (Lipinski definition) is 3. The van der Waals surface area contributed by atoms with Crippen LogP contribution in [0.5, 0.6) is 0 Å². The van der Waals surface area contributed by atoms with E-state index in [0.29, 0.717) is 25.7 Å². The second kappa shape index (κ2) is 6.84. The molecule has 0 spiro atoms. The van der Waals surface area contributed by atoms with E-state index in [1.807, 2.05) is 6.07 Å². The van der Waals surface area contributed by atoms with Gasteiger partial charge >= 0.3 is 0 Å². The molecule has 1 aliphatic heterocycles. The Balaban J connectivity index is 1.79. The zero-order valence-electron chi connectivity index (χ0n) is 11.4. The van der Waals surface area contributed by atoms with E-state index in [2.05, 4.69) is 46.4 Å². The molecule has 0 aromatic heterocycles. The quantitative estimate of drug-likeness (QED) is 0.873. The fourth-order valence-corrected chi connectivity index (χ4v) is 2.80. The highest BCUT2D eigenvalue weighted by Crippen LogP contribution is 2.21. The van der Waals surface area contributed by atoms with Gasteiger partial charge in [-0.25, -0.2) is 0 Å². The van der Waals surface area contributed by atoms with E-state index in [1.165, 1.54) is 5.56 Å². The minimum atomic E-state index is -0.588. The summed E-state index contributed by atoms with van der Waals surface area (Å²) in [4.78, 5) is 0. The average molecular weight is 328 g/mol. The van der Waals surface area contributed by atoms with Crippen molar-refractivity contribution in [1.29, 1.82) is 0 Å². The maximum atomic E-state index is 10.3. The van der Waals surface area contributed by atoms with E-state index in [1.54, 1.807) is 0 Å². The summed E-state index contributed by atoms with van der Waals surface area (Å²) in [5.41, 5.74) is 0.718. The lowest BCUT2D eigenvalue weighted by atomic mass is 9.94. The van der Waals surface area contributed by atoms with Crippen molar-refractivity contribution in [2.45, 2.75) is 31.3 Å². The third-order valence-electron chi connectivity index (χ3n) is 3.75. The van der Waals surface area contributed by atoms with Crippen molar-refractivity contribution in [2.75, 3.05) is 26.3 Å². The Hall–Kier alpha value is -0.420. The smallest absolute Gasteiger partial charge is 0.0815 e. The summed E-state index contributed by atoms with van der Waals surface area (Å²) in [5, 5.41) is 13.7. The highest BCUT2D eigenvalue weighted by molar-refractivity contribution is 9.10. The number of nitrogens with one attached hydrogen (secondary N) is 1. The van der Waals surface area contributed by atoms with E-state index < -0.39 is 5.60 Å². The van der Waals surface area contributed by atoms with Gasteiger partial charge in [-0.1, -0.05) is 35.0 Å². The van der Waals surface area contributed by atoms with Crippen LogP contribution in [0.3, 0.4) is 0 Å². The first-order valence-electron chi connectivity index (χ1n) is 6.85. The van der Waals surface area contributed by atoms with Gasteiger partial charge in [0.05, 0.1) is 5.60 Å².